The molecule has 3 aromatic rings. The second-order valence-corrected chi connectivity index (χ2v) is 7.34. The Morgan fingerprint density at radius 2 is 1.85 bits per heavy atom. The lowest BCUT2D eigenvalue weighted by Crippen LogP contribution is -2.21. The van der Waals surface area contributed by atoms with Crippen molar-refractivity contribution < 1.29 is 4.79 Å². The van der Waals surface area contributed by atoms with Gasteiger partial charge < -0.3 is 10.2 Å². The van der Waals surface area contributed by atoms with E-state index in [1.54, 1.807) is 25.3 Å². The molecule has 0 fully saturated rings. The van der Waals surface area contributed by atoms with Crippen LogP contribution in [0, 0.1) is 5.92 Å². The molecular formula is C22H26N4O. The Bertz CT molecular complexity index is 950. The number of anilines is 1. The number of nitrogens with zero attached hydrogens (tertiary/aromatic N) is 3. The van der Waals surface area contributed by atoms with Crippen LogP contribution in [-0.2, 0) is 0 Å². The van der Waals surface area contributed by atoms with Crippen LogP contribution in [-0.4, -0.2) is 41.4 Å². The predicted octanol–water partition coefficient (Wildman–Crippen LogP) is 4.46. The summed E-state index contributed by atoms with van der Waals surface area (Å²) in [5.41, 5.74) is 3.62. The van der Waals surface area contributed by atoms with Gasteiger partial charge in [0.15, 0.2) is 0 Å². The van der Waals surface area contributed by atoms with Crippen molar-refractivity contribution in [2.45, 2.75) is 20.3 Å². The molecule has 0 unspecified atom stereocenters. The number of fused-ring (bicyclic) bond motifs is 1. The van der Waals surface area contributed by atoms with Gasteiger partial charge in [-0.1, -0.05) is 32.0 Å². The normalized spacial score (nSPS) is 11.0. The molecule has 3 rings (SSSR count). The van der Waals surface area contributed by atoms with Crippen molar-refractivity contribution in [1.82, 2.24) is 14.9 Å². The highest BCUT2D eigenvalue weighted by Gasteiger charge is 2.10. The van der Waals surface area contributed by atoms with Crippen LogP contribution >= 0.6 is 0 Å². The van der Waals surface area contributed by atoms with E-state index < -0.39 is 0 Å². The molecule has 140 valence electrons. The average Bonchev–Trinajstić information content (AvgIpc) is 2.67. The summed E-state index contributed by atoms with van der Waals surface area (Å²) < 4.78 is 0. The lowest BCUT2D eigenvalue weighted by Gasteiger charge is -2.12. The zero-order valence-electron chi connectivity index (χ0n) is 16.4. The minimum absolute atomic E-state index is 0.00277. The second kappa shape index (κ2) is 8.16. The van der Waals surface area contributed by atoms with Crippen molar-refractivity contribution in [1.29, 1.82) is 0 Å². The van der Waals surface area contributed by atoms with E-state index in [2.05, 4.69) is 35.2 Å². The van der Waals surface area contributed by atoms with E-state index in [-0.39, 0.29) is 5.91 Å². The predicted molar refractivity (Wildman–Crippen MR) is 111 cm³/mol. The van der Waals surface area contributed by atoms with Crippen LogP contribution in [0.5, 0.6) is 0 Å². The fourth-order valence-corrected chi connectivity index (χ4v) is 2.95. The highest BCUT2D eigenvalue weighted by molar-refractivity contribution is 5.96. The SMILES string of the molecule is CC(C)CCNc1ncnc2ccc(-c3cccc(C(=O)N(C)C)c3)cc12. The van der Waals surface area contributed by atoms with Crippen LogP contribution in [0.4, 0.5) is 5.82 Å². The number of amides is 1. The van der Waals surface area contributed by atoms with Gasteiger partial charge in [0.2, 0.25) is 0 Å². The smallest absolute Gasteiger partial charge is 0.253 e. The van der Waals surface area contributed by atoms with Crippen molar-refractivity contribution in [3.05, 3.63) is 54.4 Å². The van der Waals surface area contributed by atoms with Crippen LogP contribution in [0.15, 0.2) is 48.8 Å². The van der Waals surface area contributed by atoms with Crippen LogP contribution < -0.4 is 5.32 Å². The number of nitrogens with one attached hydrogen (secondary N) is 1. The van der Waals surface area contributed by atoms with Crippen molar-refractivity contribution in [3.63, 3.8) is 0 Å². The molecule has 0 bridgehead atoms. The third-order valence-corrected chi connectivity index (χ3v) is 4.50. The highest BCUT2D eigenvalue weighted by atomic mass is 16.2. The molecule has 0 radical (unpaired) electrons. The molecule has 2 aromatic carbocycles. The third kappa shape index (κ3) is 4.42. The van der Waals surface area contributed by atoms with Crippen molar-refractivity contribution in [3.8, 4) is 11.1 Å². The summed E-state index contributed by atoms with van der Waals surface area (Å²) >= 11 is 0. The summed E-state index contributed by atoms with van der Waals surface area (Å²) in [6.45, 7) is 5.29. The van der Waals surface area contributed by atoms with Crippen molar-refractivity contribution in [2.75, 3.05) is 26.0 Å². The number of hydrogen-bond donors (Lipinski definition) is 1. The largest absolute Gasteiger partial charge is 0.369 e. The van der Waals surface area contributed by atoms with Gasteiger partial charge in [0.25, 0.3) is 5.91 Å². The molecule has 1 N–H and O–H groups in total. The number of hydrogen-bond acceptors (Lipinski definition) is 4. The molecule has 1 heterocycles. The Morgan fingerprint density at radius 1 is 1.07 bits per heavy atom. The number of aromatic nitrogens is 2. The summed E-state index contributed by atoms with van der Waals surface area (Å²) in [6, 6.07) is 13.8. The maximum Gasteiger partial charge on any atom is 0.253 e. The van der Waals surface area contributed by atoms with Gasteiger partial charge in [0, 0.05) is 31.6 Å². The van der Waals surface area contributed by atoms with Crippen LogP contribution in [0.25, 0.3) is 22.0 Å². The molecule has 0 aliphatic carbocycles. The van der Waals surface area contributed by atoms with Crippen LogP contribution in [0.2, 0.25) is 0 Å². The number of carbonyl (C=O) groups is 1. The molecule has 0 aliphatic heterocycles. The van der Waals surface area contributed by atoms with E-state index in [0.717, 1.165) is 40.8 Å². The molecule has 0 saturated heterocycles. The summed E-state index contributed by atoms with van der Waals surface area (Å²) in [4.78, 5) is 22.7. The first-order chi connectivity index (χ1) is 13.0. The molecule has 0 aliphatic rings. The lowest BCUT2D eigenvalue weighted by atomic mass is 10.0. The van der Waals surface area contributed by atoms with Gasteiger partial charge in [0.1, 0.15) is 12.1 Å². The summed E-state index contributed by atoms with van der Waals surface area (Å²) in [5, 5.41) is 4.42. The first-order valence-corrected chi connectivity index (χ1v) is 9.26. The minimum atomic E-state index is -0.00277. The third-order valence-electron chi connectivity index (χ3n) is 4.50. The molecule has 27 heavy (non-hydrogen) atoms. The van der Waals surface area contributed by atoms with Crippen LogP contribution in [0.1, 0.15) is 30.6 Å². The first kappa shape index (κ1) is 18.8. The van der Waals surface area contributed by atoms with Gasteiger partial charge in [-0.2, -0.15) is 0 Å². The van der Waals surface area contributed by atoms with Crippen molar-refractivity contribution >= 4 is 22.6 Å². The lowest BCUT2D eigenvalue weighted by molar-refractivity contribution is 0.0827. The molecule has 0 spiro atoms. The summed E-state index contributed by atoms with van der Waals surface area (Å²) in [5.74, 6) is 1.48. The first-order valence-electron chi connectivity index (χ1n) is 9.26. The Balaban J connectivity index is 1.96. The van der Waals surface area contributed by atoms with E-state index >= 15 is 0 Å². The Labute approximate surface area is 160 Å². The fourth-order valence-electron chi connectivity index (χ4n) is 2.95. The number of benzene rings is 2. The maximum absolute atomic E-state index is 12.3. The van der Waals surface area contributed by atoms with Gasteiger partial charge in [-0.05, 0) is 47.7 Å². The van der Waals surface area contributed by atoms with Gasteiger partial charge in [-0.25, -0.2) is 9.97 Å². The van der Waals surface area contributed by atoms with Gasteiger partial charge in [-0.3, -0.25) is 4.79 Å². The topological polar surface area (TPSA) is 58.1 Å². The van der Waals surface area contributed by atoms with Gasteiger partial charge >= 0.3 is 0 Å². The minimum Gasteiger partial charge on any atom is -0.369 e. The molecule has 0 saturated carbocycles. The maximum atomic E-state index is 12.3. The zero-order chi connectivity index (χ0) is 19.4. The summed E-state index contributed by atoms with van der Waals surface area (Å²) in [7, 11) is 3.52. The molecule has 5 heteroatoms. The number of rotatable bonds is 6. The van der Waals surface area contributed by atoms with Crippen LogP contribution in [0.3, 0.4) is 0 Å². The molecular weight excluding hydrogens is 336 g/mol. The molecule has 0 atom stereocenters. The Morgan fingerprint density at radius 3 is 2.59 bits per heavy atom. The van der Waals surface area contributed by atoms with Gasteiger partial charge in [-0.15, -0.1) is 0 Å². The number of carbonyl (C=O) groups excluding carboxylic acids is 1. The molecule has 1 amide bonds. The van der Waals surface area contributed by atoms with E-state index in [0.29, 0.717) is 11.5 Å². The average molecular weight is 362 g/mol. The van der Waals surface area contributed by atoms with Gasteiger partial charge in [0.05, 0.1) is 5.52 Å². The monoisotopic (exact) mass is 362 g/mol. The highest BCUT2D eigenvalue weighted by Crippen LogP contribution is 2.27. The summed E-state index contributed by atoms with van der Waals surface area (Å²) in [6.07, 6.45) is 2.68. The van der Waals surface area contributed by atoms with E-state index in [4.69, 9.17) is 0 Å². The Kier molecular flexibility index (Phi) is 5.69. The molecule has 1 aromatic heterocycles. The second-order valence-electron chi connectivity index (χ2n) is 7.34. The quantitative estimate of drug-likeness (QED) is 0.703. The Hall–Kier alpha value is -2.95. The van der Waals surface area contributed by atoms with E-state index in [1.807, 2.05) is 36.4 Å². The zero-order valence-corrected chi connectivity index (χ0v) is 16.4. The van der Waals surface area contributed by atoms with E-state index in [1.165, 1.54) is 0 Å². The fraction of sp³-hybridized carbons (Fsp3) is 0.318. The standard InChI is InChI=1S/C22H26N4O/c1-15(2)10-11-23-21-19-13-17(8-9-20(19)24-14-25-21)16-6-5-7-18(12-16)22(27)26(3)4/h5-9,12-15H,10-11H2,1-4H3,(H,23,24,25). The molecule has 5 nitrogen and oxygen atoms in total. The van der Waals surface area contributed by atoms with Crippen molar-refractivity contribution in [2.24, 2.45) is 5.92 Å². The van der Waals surface area contributed by atoms with E-state index in [9.17, 15) is 4.79 Å².